The van der Waals surface area contributed by atoms with Crippen molar-refractivity contribution in [3.8, 4) is 0 Å². The van der Waals surface area contributed by atoms with Gasteiger partial charge in [0.1, 0.15) is 0 Å². The van der Waals surface area contributed by atoms with Gasteiger partial charge in [0.05, 0.1) is 6.10 Å². The summed E-state index contributed by atoms with van der Waals surface area (Å²) in [6.07, 6.45) is 7.11. The molecular weight excluding hydrogens is 348 g/mol. The fourth-order valence-electron chi connectivity index (χ4n) is 3.54. The predicted octanol–water partition coefficient (Wildman–Crippen LogP) is 3.86. The van der Waals surface area contributed by atoms with E-state index in [9.17, 15) is 9.90 Å². The van der Waals surface area contributed by atoms with Crippen molar-refractivity contribution in [1.82, 2.24) is 9.88 Å². The highest BCUT2D eigenvalue weighted by Gasteiger charge is 2.29. The second-order valence-electron chi connectivity index (χ2n) is 7.01. The van der Waals surface area contributed by atoms with Crippen LogP contribution < -0.4 is 0 Å². The number of hydrogen-bond donors (Lipinski definition) is 1. The Balaban J connectivity index is 1.70. The van der Waals surface area contributed by atoms with E-state index in [-0.39, 0.29) is 17.9 Å². The Morgan fingerprint density at radius 2 is 2.00 bits per heavy atom. The molecule has 1 amide bonds. The molecule has 0 saturated heterocycles. The molecule has 1 aromatic heterocycles. The first-order chi connectivity index (χ1) is 12.6. The Bertz CT molecular complexity index is 706. The summed E-state index contributed by atoms with van der Waals surface area (Å²) in [5, 5.41) is 10.7. The molecule has 0 spiro atoms. The van der Waals surface area contributed by atoms with Gasteiger partial charge in [-0.05, 0) is 55.0 Å². The molecule has 1 saturated carbocycles. The maximum absolute atomic E-state index is 13.1. The van der Waals surface area contributed by atoms with Gasteiger partial charge in [0.2, 0.25) is 5.91 Å². The summed E-state index contributed by atoms with van der Waals surface area (Å²) in [6, 6.07) is 11.6. The number of halogens is 1. The summed E-state index contributed by atoms with van der Waals surface area (Å²) in [5.74, 6) is 0.0576. The minimum atomic E-state index is -0.353. The number of amides is 1. The van der Waals surface area contributed by atoms with E-state index in [2.05, 4.69) is 4.98 Å². The van der Waals surface area contributed by atoms with Crippen molar-refractivity contribution in [2.75, 3.05) is 6.54 Å². The second-order valence-corrected chi connectivity index (χ2v) is 7.45. The van der Waals surface area contributed by atoms with E-state index >= 15 is 0 Å². The molecule has 138 valence electrons. The third kappa shape index (κ3) is 5.29. The fraction of sp³-hybridized carbons (Fsp3) is 0.429. The van der Waals surface area contributed by atoms with Crippen LogP contribution in [0.15, 0.2) is 48.8 Å². The Morgan fingerprint density at radius 1 is 1.19 bits per heavy atom. The topological polar surface area (TPSA) is 53.4 Å². The number of carbonyl (C=O) groups excluding carboxylic acids is 1. The van der Waals surface area contributed by atoms with Crippen LogP contribution in [-0.4, -0.2) is 33.5 Å². The van der Waals surface area contributed by atoms with E-state index in [0.717, 1.165) is 36.8 Å². The van der Waals surface area contributed by atoms with Crippen molar-refractivity contribution in [2.24, 2.45) is 5.92 Å². The Kier molecular flexibility index (Phi) is 6.64. The summed E-state index contributed by atoms with van der Waals surface area (Å²) < 4.78 is 0. The first kappa shape index (κ1) is 18.9. The smallest absolute Gasteiger partial charge is 0.226 e. The van der Waals surface area contributed by atoms with Crippen LogP contribution in [-0.2, 0) is 17.8 Å². The molecule has 1 N–H and O–H groups in total. The highest BCUT2D eigenvalue weighted by atomic mass is 35.5. The molecule has 1 aliphatic carbocycles. The lowest BCUT2D eigenvalue weighted by Crippen LogP contribution is -2.39. The van der Waals surface area contributed by atoms with Gasteiger partial charge in [-0.15, -0.1) is 0 Å². The molecule has 2 aromatic rings. The van der Waals surface area contributed by atoms with E-state index in [1.54, 1.807) is 12.4 Å². The maximum atomic E-state index is 13.1. The molecule has 0 bridgehead atoms. The van der Waals surface area contributed by atoms with Gasteiger partial charge in [-0.25, -0.2) is 0 Å². The number of carbonyl (C=O) groups is 1. The second kappa shape index (κ2) is 9.15. The minimum Gasteiger partial charge on any atom is -0.393 e. The number of nitrogens with zero attached hydrogens (tertiary/aromatic N) is 2. The third-order valence-corrected chi connectivity index (χ3v) is 5.24. The normalized spacial score (nSPS) is 19.9. The lowest BCUT2D eigenvalue weighted by molar-refractivity contribution is -0.138. The van der Waals surface area contributed by atoms with Gasteiger partial charge in [0, 0.05) is 36.4 Å². The monoisotopic (exact) mass is 372 g/mol. The number of aliphatic hydroxyl groups is 1. The van der Waals surface area contributed by atoms with Crippen molar-refractivity contribution in [3.63, 3.8) is 0 Å². The molecule has 1 aromatic carbocycles. The van der Waals surface area contributed by atoms with E-state index in [4.69, 9.17) is 11.6 Å². The molecule has 1 heterocycles. The molecular formula is C21H25ClN2O2. The quantitative estimate of drug-likeness (QED) is 0.837. The van der Waals surface area contributed by atoms with E-state index < -0.39 is 0 Å². The van der Waals surface area contributed by atoms with E-state index in [1.807, 2.05) is 41.3 Å². The highest BCUT2D eigenvalue weighted by Crippen LogP contribution is 2.26. The summed E-state index contributed by atoms with van der Waals surface area (Å²) in [7, 11) is 0. The van der Waals surface area contributed by atoms with Gasteiger partial charge >= 0.3 is 0 Å². The minimum absolute atomic E-state index is 0.0827. The fourth-order valence-corrected chi connectivity index (χ4v) is 3.67. The third-order valence-electron chi connectivity index (χ3n) is 4.99. The van der Waals surface area contributed by atoms with Gasteiger partial charge in [-0.3, -0.25) is 9.78 Å². The average molecular weight is 373 g/mol. The van der Waals surface area contributed by atoms with Crippen molar-refractivity contribution in [1.29, 1.82) is 0 Å². The zero-order chi connectivity index (χ0) is 18.4. The summed E-state index contributed by atoms with van der Waals surface area (Å²) >= 11 is 5.95. The van der Waals surface area contributed by atoms with Crippen molar-refractivity contribution < 1.29 is 9.90 Å². The molecule has 1 fully saturated rings. The predicted molar refractivity (Wildman–Crippen MR) is 103 cm³/mol. The summed E-state index contributed by atoms with van der Waals surface area (Å²) in [5.41, 5.74) is 2.18. The van der Waals surface area contributed by atoms with Gasteiger partial charge in [-0.1, -0.05) is 36.2 Å². The van der Waals surface area contributed by atoms with Crippen LogP contribution in [0, 0.1) is 5.92 Å². The van der Waals surface area contributed by atoms with Gasteiger partial charge in [0.15, 0.2) is 0 Å². The number of benzene rings is 1. The average Bonchev–Trinajstić information content (AvgIpc) is 2.66. The van der Waals surface area contributed by atoms with Crippen molar-refractivity contribution >= 4 is 17.5 Å². The van der Waals surface area contributed by atoms with Gasteiger partial charge < -0.3 is 10.0 Å². The van der Waals surface area contributed by atoms with Crippen LogP contribution in [0.3, 0.4) is 0 Å². The molecule has 4 nitrogen and oxygen atoms in total. The molecule has 0 aliphatic heterocycles. The van der Waals surface area contributed by atoms with Gasteiger partial charge in [-0.2, -0.15) is 0 Å². The van der Waals surface area contributed by atoms with Crippen LogP contribution in [0.1, 0.15) is 36.8 Å². The lowest BCUT2D eigenvalue weighted by atomic mass is 9.86. The highest BCUT2D eigenvalue weighted by molar-refractivity contribution is 6.30. The summed E-state index contributed by atoms with van der Waals surface area (Å²) in [4.78, 5) is 19.2. The zero-order valence-electron chi connectivity index (χ0n) is 14.9. The largest absolute Gasteiger partial charge is 0.393 e. The van der Waals surface area contributed by atoms with Crippen LogP contribution in [0.5, 0.6) is 0 Å². The zero-order valence-corrected chi connectivity index (χ0v) is 15.6. The molecule has 1 aliphatic rings. The van der Waals surface area contributed by atoms with Crippen LogP contribution in [0.4, 0.5) is 0 Å². The molecule has 0 unspecified atom stereocenters. The Hall–Kier alpha value is -1.91. The van der Waals surface area contributed by atoms with Crippen LogP contribution >= 0.6 is 11.6 Å². The molecule has 3 rings (SSSR count). The first-order valence-electron chi connectivity index (χ1n) is 9.22. The molecule has 26 heavy (non-hydrogen) atoms. The van der Waals surface area contributed by atoms with E-state index in [0.29, 0.717) is 24.5 Å². The number of aromatic nitrogens is 1. The van der Waals surface area contributed by atoms with Gasteiger partial charge in [0.25, 0.3) is 0 Å². The SMILES string of the molecule is O=C([C@H]1CCC[C@H](O)C1)N(CCc1ccc(Cl)cc1)Cc1cccnc1. The first-order valence-corrected chi connectivity index (χ1v) is 9.60. The van der Waals surface area contributed by atoms with Crippen molar-refractivity contribution in [3.05, 3.63) is 64.9 Å². The van der Waals surface area contributed by atoms with Crippen LogP contribution in [0.25, 0.3) is 0 Å². The molecule has 5 heteroatoms. The summed E-state index contributed by atoms with van der Waals surface area (Å²) in [6.45, 7) is 1.19. The number of aliphatic hydroxyl groups excluding tert-OH is 1. The van der Waals surface area contributed by atoms with E-state index in [1.165, 1.54) is 0 Å². The van der Waals surface area contributed by atoms with Crippen molar-refractivity contribution in [2.45, 2.75) is 44.8 Å². The number of hydrogen-bond acceptors (Lipinski definition) is 3. The molecule has 0 radical (unpaired) electrons. The lowest BCUT2D eigenvalue weighted by Gasteiger charge is -2.31. The molecule has 2 atom stereocenters. The number of pyridine rings is 1. The Labute approximate surface area is 159 Å². The number of rotatable bonds is 6. The Morgan fingerprint density at radius 3 is 2.69 bits per heavy atom. The maximum Gasteiger partial charge on any atom is 0.226 e. The van der Waals surface area contributed by atoms with Crippen LogP contribution in [0.2, 0.25) is 5.02 Å². The standard InChI is InChI=1S/C21H25ClN2O2/c22-19-8-6-16(7-9-19)10-12-24(15-17-3-2-11-23-14-17)21(26)18-4-1-5-20(25)13-18/h2-3,6-9,11,14,18,20,25H,1,4-5,10,12-13,15H2/t18-,20-/m0/s1.